The predicted molar refractivity (Wildman–Crippen MR) is 120 cm³/mol. The molecule has 0 aliphatic carbocycles. The van der Waals surface area contributed by atoms with Gasteiger partial charge in [-0.1, -0.05) is 20.8 Å². The number of imidazole rings is 1. The quantitative estimate of drug-likeness (QED) is 0.170. The molecule has 0 radical (unpaired) electrons. The first-order valence-corrected chi connectivity index (χ1v) is 11.8. The van der Waals surface area contributed by atoms with Gasteiger partial charge in [-0.05, 0) is 30.4 Å². The molecule has 0 spiro atoms. The summed E-state index contributed by atoms with van der Waals surface area (Å²) in [4.78, 5) is 14.9. The van der Waals surface area contributed by atoms with Crippen LogP contribution >= 0.6 is 8.03 Å². The van der Waals surface area contributed by atoms with Crippen LogP contribution in [0.15, 0.2) is 11.4 Å². The van der Waals surface area contributed by atoms with Gasteiger partial charge < -0.3 is 25.2 Å². The summed E-state index contributed by atoms with van der Waals surface area (Å²) in [6, 6.07) is 0. The molecule has 0 saturated carbocycles. The fraction of sp³-hybridized carbons (Fsp3) is 0.722. The van der Waals surface area contributed by atoms with E-state index < -0.39 is 32.6 Å². The van der Waals surface area contributed by atoms with Crippen LogP contribution in [0.5, 0.6) is 0 Å². The molecular weight excluding hydrogens is 439 g/mol. The van der Waals surface area contributed by atoms with E-state index in [9.17, 15) is 14.8 Å². The first kappa shape index (κ1) is 26.0. The van der Waals surface area contributed by atoms with Gasteiger partial charge in [0.25, 0.3) is 0 Å². The first-order valence-electron chi connectivity index (χ1n) is 10.4. The van der Waals surface area contributed by atoms with Gasteiger partial charge in [0.15, 0.2) is 31.2 Å². The molecule has 0 aliphatic rings. The normalized spacial score (nSPS) is 17.3. The summed E-state index contributed by atoms with van der Waals surface area (Å²) in [5.41, 5.74) is 14.4. The predicted octanol–water partition coefficient (Wildman–Crippen LogP) is 3.07. The van der Waals surface area contributed by atoms with Crippen LogP contribution in [0.25, 0.3) is 21.6 Å². The standard InChI is InChI=1S/C18H31N8O5P/c1-5-11(3)32(29)31-18(4,6-2)7-8-30-16(12(28)9-27)26-15-13(14(19)21-10-22-15)23-17(26)24-25-20/h10-12,16,27-28,32H,5-9H2,1-4H3,(H2,19,21,22)/t11-,12+,16?,18?/m0/s1. The van der Waals surface area contributed by atoms with Crippen molar-refractivity contribution in [2.75, 3.05) is 18.9 Å². The molecule has 0 aromatic carbocycles. The second-order valence-electron chi connectivity index (χ2n) is 7.70. The Kier molecular flexibility index (Phi) is 9.38. The van der Waals surface area contributed by atoms with Gasteiger partial charge >= 0.3 is 0 Å². The number of hydrogen-bond acceptors (Lipinski definition) is 10. The van der Waals surface area contributed by atoms with E-state index >= 15 is 0 Å². The number of hydrogen-bond donors (Lipinski definition) is 3. The first-order chi connectivity index (χ1) is 15.2. The van der Waals surface area contributed by atoms with Gasteiger partial charge in [-0.2, -0.15) is 0 Å². The number of nitrogens with zero attached hydrogens (tertiary/aromatic N) is 7. The van der Waals surface area contributed by atoms with Crippen LogP contribution in [0.3, 0.4) is 0 Å². The highest BCUT2D eigenvalue weighted by atomic mass is 31.1. The molecule has 0 saturated heterocycles. The van der Waals surface area contributed by atoms with Crippen molar-refractivity contribution in [1.29, 1.82) is 0 Å². The van der Waals surface area contributed by atoms with Crippen LogP contribution in [0.2, 0.25) is 0 Å². The molecule has 178 valence electrons. The number of azide groups is 1. The summed E-state index contributed by atoms with van der Waals surface area (Å²) in [5.74, 6) is -0.0916. The third-order valence-electron chi connectivity index (χ3n) is 5.42. The van der Waals surface area contributed by atoms with Gasteiger partial charge in [0, 0.05) is 17.0 Å². The molecular formula is C18H31N8O5P. The SMILES string of the molecule is CC[C@H](C)[PH](=O)OC(C)(CC)CCOC([C@H](O)CO)n1c(N=[N+]=[N-])nc2c(N)ncnc21. The summed E-state index contributed by atoms with van der Waals surface area (Å²) < 4.78 is 25.5. The maximum absolute atomic E-state index is 12.4. The number of ether oxygens (including phenoxy) is 1. The molecule has 32 heavy (non-hydrogen) atoms. The minimum atomic E-state index is -2.24. The zero-order valence-corrected chi connectivity index (χ0v) is 19.7. The van der Waals surface area contributed by atoms with Crippen molar-refractivity contribution in [3.63, 3.8) is 0 Å². The number of nitrogen functional groups attached to an aromatic ring is 1. The van der Waals surface area contributed by atoms with E-state index in [1.165, 1.54) is 10.9 Å². The molecule has 0 bridgehead atoms. The van der Waals surface area contributed by atoms with Crippen LogP contribution < -0.4 is 5.73 Å². The largest absolute Gasteiger partial charge is 0.394 e. The molecule has 4 N–H and O–H groups in total. The molecule has 0 fully saturated rings. The van der Waals surface area contributed by atoms with Crippen molar-refractivity contribution in [2.45, 2.75) is 70.5 Å². The van der Waals surface area contributed by atoms with Crippen LogP contribution in [0, 0.1) is 0 Å². The van der Waals surface area contributed by atoms with E-state index in [0.29, 0.717) is 12.8 Å². The third-order valence-corrected chi connectivity index (χ3v) is 7.33. The summed E-state index contributed by atoms with van der Waals surface area (Å²) >= 11 is 0. The lowest BCUT2D eigenvalue weighted by molar-refractivity contribution is -0.105. The minimum Gasteiger partial charge on any atom is -0.394 e. The lowest BCUT2D eigenvalue weighted by Crippen LogP contribution is -2.33. The summed E-state index contributed by atoms with van der Waals surface area (Å²) in [6.07, 6.45) is 0.341. The number of aromatic nitrogens is 4. The molecule has 2 aromatic rings. The monoisotopic (exact) mass is 470 g/mol. The zero-order chi connectivity index (χ0) is 23.9. The Morgan fingerprint density at radius 3 is 2.75 bits per heavy atom. The van der Waals surface area contributed by atoms with Gasteiger partial charge in [-0.15, -0.1) is 0 Å². The van der Waals surface area contributed by atoms with Crippen molar-refractivity contribution < 1.29 is 24.0 Å². The summed E-state index contributed by atoms with van der Waals surface area (Å²) in [7, 11) is -2.24. The van der Waals surface area contributed by atoms with Gasteiger partial charge in [0.2, 0.25) is 5.95 Å². The number of anilines is 1. The second kappa shape index (κ2) is 11.6. The highest BCUT2D eigenvalue weighted by Gasteiger charge is 2.31. The van der Waals surface area contributed by atoms with Crippen LogP contribution in [-0.2, 0) is 13.8 Å². The fourth-order valence-corrected chi connectivity index (χ4v) is 4.18. The highest BCUT2D eigenvalue weighted by Crippen LogP contribution is 2.39. The smallest absolute Gasteiger partial charge is 0.201 e. The van der Waals surface area contributed by atoms with E-state index in [1.807, 2.05) is 27.7 Å². The van der Waals surface area contributed by atoms with Crippen molar-refractivity contribution in [3.05, 3.63) is 16.8 Å². The maximum Gasteiger partial charge on any atom is 0.201 e. The molecule has 3 unspecified atom stereocenters. The molecule has 0 aliphatic heterocycles. The van der Waals surface area contributed by atoms with Gasteiger partial charge in [-0.3, -0.25) is 9.13 Å². The molecule has 2 rings (SSSR count). The average Bonchev–Trinajstić information content (AvgIpc) is 3.15. The maximum atomic E-state index is 12.4. The van der Waals surface area contributed by atoms with Crippen molar-refractivity contribution >= 4 is 31.0 Å². The van der Waals surface area contributed by atoms with Gasteiger partial charge in [-0.25, -0.2) is 15.0 Å². The van der Waals surface area contributed by atoms with Crippen molar-refractivity contribution in [2.24, 2.45) is 5.11 Å². The Hall–Kier alpha value is -2.27. The number of fused-ring (bicyclic) bond motifs is 1. The van der Waals surface area contributed by atoms with Crippen molar-refractivity contribution in [3.8, 4) is 0 Å². The molecule has 2 heterocycles. The number of nitrogens with two attached hydrogens (primary N) is 1. The Morgan fingerprint density at radius 1 is 1.44 bits per heavy atom. The molecule has 5 atom stereocenters. The van der Waals surface area contributed by atoms with Gasteiger partial charge in [0.05, 0.1) is 18.8 Å². The van der Waals surface area contributed by atoms with Crippen LogP contribution in [0.1, 0.15) is 53.2 Å². The third kappa shape index (κ3) is 5.94. The second-order valence-corrected chi connectivity index (χ2v) is 9.53. The molecule has 13 nitrogen and oxygen atoms in total. The van der Waals surface area contributed by atoms with Crippen molar-refractivity contribution in [1.82, 2.24) is 19.5 Å². The Bertz CT molecular complexity index is 982. The van der Waals surface area contributed by atoms with E-state index in [2.05, 4.69) is 25.0 Å². The van der Waals surface area contributed by atoms with E-state index in [4.69, 9.17) is 20.5 Å². The number of rotatable bonds is 13. The van der Waals surface area contributed by atoms with E-state index in [1.54, 1.807) is 0 Å². The van der Waals surface area contributed by atoms with Crippen LogP contribution in [-0.4, -0.2) is 60.3 Å². The summed E-state index contributed by atoms with van der Waals surface area (Å²) in [6.45, 7) is 7.06. The lowest BCUT2D eigenvalue weighted by atomic mass is 10.0. The Labute approximate surface area is 186 Å². The minimum absolute atomic E-state index is 0.0374. The summed E-state index contributed by atoms with van der Waals surface area (Å²) in [5, 5.41) is 23.6. The molecule has 0 amide bonds. The van der Waals surface area contributed by atoms with Gasteiger partial charge in [0.1, 0.15) is 12.4 Å². The van der Waals surface area contributed by atoms with Crippen LogP contribution in [0.4, 0.5) is 11.8 Å². The zero-order valence-electron chi connectivity index (χ0n) is 18.7. The average molecular weight is 470 g/mol. The highest BCUT2D eigenvalue weighted by molar-refractivity contribution is 7.40. The van der Waals surface area contributed by atoms with E-state index in [-0.39, 0.29) is 35.2 Å². The lowest BCUT2D eigenvalue weighted by Gasteiger charge is -2.31. The topological polar surface area (TPSA) is 194 Å². The number of aliphatic hydroxyl groups excluding tert-OH is 2. The molecule has 14 heteroatoms. The molecule has 2 aromatic heterocycles. The van der Waals surface area contributed by atoms with E-state index in [0.717, 1.165) is 6.42 Å². The fourth-order valence-electron chi connectivity index (χ4n) is 2.91. The number of aliphatic hydroxyl groups is 2. The Balaban J connectivity index is 2.31. The Morgan fingerprint density at radius 2 is 2.16 bits per heavy atom.